The Morgan fingerprint density at radius 3 is 2.55 bits per heavy atom. The first kappa shape index (κ1) is 16.7. The maximum atomic E-state index is 13.4. The summed E-state index contributed by atoms with van der Waals surface area (Å²) in [6.07, 6.45) is 2.98. The number of esters is 1. The van der Waals surface area contributed by atoms with E-state index in [1.807, 2.05) is 6.92 Å². The van der Waals surface area contributed by atoms with E-state index in [1.54, 1.807) is 13.0 Å². The van der Waals surface area contributed by atoms with Crippen LogP contribution in [0.15, 0.2) is 18.2 Å². The third-order valence-corrected chi connectivity index (χ3v) is 4.39. The van der Waals surface area contributed by atoms with E-state index in [0.29, 0.717) is 11.7 Å². The van der Waals surface area contributed by atoms with Crippen molar-refractivity contribution in [3.8, 4) is 5.75 Å². The lowest BCUT2D eigenvalue weighted by Crippen LogP contribution is -2.36. The van der Waals surface area contributed by atoms with Gasteiger partial charge in [0.05, 0.1) is 7.11 Å². The Bertz CT molecular complexity index is 529. The van der Waals surface area contributed by atoms with Crippen molar-refractivity contribution >= 4 is 5.97 Å². The fraction of sp³-hybridized carbons (Fsp3) is 0.588. The number of halogens is 1. The molecule has 1 aliphatic carbocycles. The number of nitrogens with two attached hydrogens (primary N) is 1. The van der Waals surface area contributed by atoms with Gasteiger partial charge >= 0.3 is 5.97 Å². The number of ether oxygens (including phenoxy) is 2. The van der Waals surface area contributed by atoms with Crippen LogP contribution in [0.4, 0.5) is 4.39 Å². The first-order valence-electron chi connectivity index (χ1n) is 7.73. The molecule has 3 atom stereocenters. The van der Waals surface area contributed by atoms with Gasteiger partial charge in [0.15, 0.2) is 0 Å². The van der Waals surface area contributed by atoms with Gasteiger partial charge in [0.1, 0.15) is 23.7 Å². The van der Waals surface area contributed by atoms with Crippen molar-refractivity contribution in [1.82, 2.24) is 0 Å². The molecular weight excluding hydrogens is 285 g/mol. The van der Waals surface area contributed by atoms with E-state index in [9.17, 15) is 9.18 Å². The van der Waals surface area contributed by atoms with Gasteiger partial charge in [0, 0.05) is 17.5 Å². The molecule has 0 aromatic heterocycles. The highest BCUT2D eigenvalue weighted by molar-refractivity contribution is 5.75. The van der Waals surface area contributed by atoms with Crippen molar-refractivity contribution in [2.24, 2.45) is 11.7 Å². The summed E-state index contributed by atoms with van der Waals surface area (Å²) in [6, 6.07) is 3.87. The Hall–Kier alpha value is -1.62. The lowest BCUT2D eigenvalue weighted by molar-refractivity contribution is -0.151. The van der Waals surface area contributed by atoms with E-state index < -0.39 is 12.0 Å². The van der Waals surface area contributed by atoms with Gasteiger partial charge in [0.25, 0.3) is 0 Å². The van der Waals surface area contributed by atoms with Crippen LogP contribution in [-0.4, -0.2) is 25.2 Å². The second-order valence-corrected chi connectivity index (χ2v) is 6.03. The van der Waals surface area contributed by atoms with Crippen molar-refractivity contribution in [2.75, 3.05) is 7.11 Å². The average Bonchev–Trinajstić information content (AvgIpc) is 2.42. The van der Waals surface area contributed by atoms with Crippen LogP contribution in [-0.2, 0) is 9.53 Å². The number of methoxy groups -OCH3 is 1. The summed E-state index contributed by atoms with van der Waals surface area (Å²) in [7, 11) is 1.52. The maximum absolute atomic E-state index is 13.4. The van der Waals surface area contributed by atoms with Crippen molar-refractivity contribution in [3.05, 3.63) is 29.6 Å². The van der Waals surface area contributed by atoms with Gasteiger partial charge < -0.3 is 15.2 Å². The van der Waals surface area contributed by atoms with Gasteiger partial charge in [-0.05, 0) is 38.7 Å². The van der Waals surface area contributed by atoms with Crippen molar-refractivity contribution in [3.63, 3.8) is 0 Å². The van der Waals surface area contributed by atoms with Crippen LogP contribution in [0.3, 0.4) is 0 Å². The topological polar surface area (TPSA) is 61.5 Å². The fourth-order valence-corrected chi connectivity index (χ4v) is 3.01. The van der Waals surface area contributed by atoms with Crippen molar-refractivity contribution in [1.29, 1.82) is 0 Å². The summed E-state index contributed by atoms with van der Waals surface area (Å²) in [4.78, 5) is 11.8. The van der Waals surface area contributed by atoms with E-state index >= 15 is 0 Å². The third-order valence-electron chi connectivity index (χ3n) is 4.39. The monoisotopic (exact) mass is 309 g/mol. The lowest BCUT2D eigenvalue weighted by Gasteiger charge is -2.38. The zero-order chi connectivity index (χ0) is 16.3. The molecule has 1 aromatic carbocycles. The maximum Gasteiger partial charge on any atom is 0.322 e. The Kier molecular flexibility index (Phi) is 5.40. The standard InChI is InChI=1S/C17H24FNO3/c1-10(19)17(20)22-11(2)16(12-5-4-6-12)14-8-7-13(18)9-15(14)21-3/h7-12,16H,4-6,19H2,1-3H3/t10-,11-,16+/m0/s1. The zero-order valence-corrected chi connectivity index (χ0v) is 13.3. The number of rotatable bonds is 6. The number of carbonyl (C=O) groups is 1. The molecular formula is C17H24FNO3. The number of benzene rings is 1. The largest absolute Gasteiger partial charge is 0.496 e. The minimum absolute atomic E-state index is 0.00741. The van der Waals surface area contributed by atoms with Crippen molar-refractivity contribution in [2.45, 2.75) is 51.2 Å². The lowest BCUT2D eigenvalue weighted by atomic mass is 9.70. The summed E-state index contributed by atoms with van der Waals surface area (Å²) < 4.78 is 24.3. The molecule has 1 aromatic rings. The summed E-state index contributed by atoms with van der Waals surface area (Å²) in [5.74, 6) is 0.147. The molecule has 5 heteroatoms. The van der Waals surface area contributed by atoms with Crippen LogP contribution < -0.4 is 10.5 Å². The van der Waals surface area contributed by atoms with Crippen LogP contribution in [0.1, 0.15) is 44.6 Å². The predicted octanol–water partition coefficient (Wildman–Crippen LogP) is 3.00. The summed E-state index contributed by atoms with van der Waals surface area (Å²) in [5, 5.41) is 0. The van der Waals surface area contributed by atoms with Crippen LogP contribution in [0, 0.1) is 11.7 Å². The molecule has 0 unspecified atom stereocenters. The van der Waals surface area contributed by atoms with Crippen LogP contribution in [0.5, 0.6) is 5.75 Å². The van der Waals surface area contributed by atoms with E-state index in [0.717, 1.165) is 18.4 Å². The normalized spacial score (nSPS) is 19.0. The second kappa shape index (κ2) is 7.09. The highest BCUT2D eigenvalue weighted by atomic mass is 19.1. The molecule has 1 fully saturated rings. The number of hydrogen-bond acceptors (Lipinski definition) is 4. The van der Waals surface area contributed by atoms with Gasteiger partial charge in [-0.2, -0.15) is 0 Å². The van der Waals surface area contributed by atoms with E-state index in [1.165, 1.54) is 25.7 Å². The van der Waals surface area contributed by atoms with E-state index in [4.69, 9.17) is 15.2 Å². The summed E-state index contributed by atoms with van der Waals surface area (Å²) in [5.41, 5.74) is 6.46. The molecule has 2 N–H and O–H groups in total. The van der Waals surface area contributed by atoms with Crippen LogP contribution in [0.25, 0.3) is 0 Å². The minimum atomic E-state index is -0.653. The molecule has 22 heavy (non-hydrogen) atoms. The highest BCUT2D eigenvalue weighted by Gasteiger charge is 2.36. The number of hydrogen-bond donors (Lipinski definition) is 1. The smallest absolute Gasteiger partial charge is 0.322 e. The Morgan fingerprint density at radius 1 is 1.36 bits per heavy atom. The van der Waals surface area contributed by atoms with Crippen LogP contribution in [0.2, 0.25) is 0 Å². The van der Waals surface area contributed by atoms with Gasteiger partial charge in [-0.1, -0.05) is 12.5 Å². The Balaban J connectivity index is 2.28. The molecule has 2 rings (SSSR count). The molecule has 0 bridgehead atoms. The Morgan fingerprint density at radius 2 is 2.05 bits per heavy atom. The highest BCUT2D eigenvalue weighted by Crippen LogP contribution is 2.45. The summed E-state index contributed by atoms with van der Waals surface area (Å²) in [6.45, 7) is 3.47. The minimum Gasteiger partial charge on any atom is -0.496 e. The van der Waals surface area contributed by atoms with Gasteiger partial charge in [-0.3, -0.25) is 4.79 Å². The SMILES string of the molecule is COc1cc(F)ccc1[C@@H](C1CCC1)[C@H](C)OC(=O)[C@H](C)N. The molecule has 0 heterocycles. The van der Waals surface area contributed by atoms with Gasteiger partial charge in [0.2, 0.25) is 0 Å². The second-order valence-electron chi connectivity index (χ2n) is 6.03. The third kappa shape index (κ3) is 3.58. The first-order chi connectivity index (χ1) is 10.4. The predicted molar refractivity (Wildman–Crippen MR) is 82.2 cm³/mol. The van der Waals surface area contributed by atoms with Gasteiger partial charge in [-0.25, -0.2) is 4.39 Å². The molecule has 0 saturated heterocycles. The average molecular weight is 309 g/mol. The molecule has 0 amide bonds. The van der Waals surface area contributed by atoms with Crippen molar-refractivity contribution < 1.29 is 18.7 Å². The molecule has 122 valence electrons. The Labute approximate surface area is 130 Å². The van der Waals surface area contributed by atoms with E-state index in [2.05, 4.69) is 0 Å². The summed E-state index contributed by atoms with van der Waals surface area (Å²) >= 11 is 0. The number of carbonyl (C=O) groups excluding carboxylic acids is 1. The quantitative estimate of drug-likeness (QED) is 0.821. The molecule has 0 spiro atoms. The molecule has 4 nitrogen and oxygen atoms in total. The molecule has 1 aliphatic rings. The molecule has 0 radical (unpaired) electrons. The fourth-order valence-electron chi connectivity index (χ4n) is 3.01. The van der Waals surface area contributed by atoms with Crippen LogP contribution >= 0.6 is 0 Å². The molecule has 1 saturated carbocycles. The van der Waals surface area contributed by atoms with Gasteiger partial charge in [-0.15, -0.1) is 0 Å². The first-order valence-corrected chi connectivity index (χ1v) is 7.73. The molecule has 0 aliphatic heterocycles. The van der Waals surface area contributed by atoms with E-state index in [-0.39, 0.29) is 17.8 Å². The zero-order valence-electron chi connectivity index (χ0n) is 13.3.